The molecule has 1 rings (SSSR count). The monoisotopic (exact) mass is 254 g/mol. The number of hydrogen-bond acceptors (Lipinski definition) is 2. The van der Waals surface area contributed by atoms with Crippen molar-refractivity contribution in [3.8, 4) is 0 Å². The highest BCUT2D eigenvalue weighted by molar-refractivity contribution is 5.92. The molecule has 6 heteroatoms. The Bertz CT molecular complexity index is 463. The lowest BCUT2D eigenvalue weighted by atomic mass is 10.2. The van der Waals surface area contributed by atoms with E-state index < -0.39 is 23.9 Å². The van der Waals surface area contributed by atoms with Gasteiger partial charge in [-0.25, -0.2) is 14.0 Å². The van der Waals surface area contributed by atoms with Crippen molar-refractivity contribution in [1.82, 2.24) is 5.32 Å². The largest absolute Gasteiger partial charge is 0.480 e. The maximum Gasteiger partial charge on any atom is 0.326 e. The predicted molar refractivity (Wildman–Crippen MR) is 65.0 cm³/mol. The molecule has 1 aromatic rings. The predicted octanol–water partition coefficient (Wildman–Crippen LogP) is 2.12. The summed E-state index contributed by atoms with van der Waals surface area (Å²) in [5.41, 5.74) is 0.422. The third-order valence-electron chi connectivity index (χ3n) is 2.45. The lowest BCUT2D eigenvalue weighted by molar-refractivity contribution is -0.139. The number of nitrogens with one attached hydrogen (secondary N) is 2. The number of aryl methyl sites for hydroxylation is 1. The molecular weight excluding hydrogens is 239 g/mol. The van der Waals surface area contributed by atoms with Crippen LogP contribution in [0.25, 0.3) is 0 Å². The zero-order valence-electron chi connectivity index (χ0n) is 10.2. The molecule has 2 amide bonds. The first-order valence-electron chi connectivity index (χ1n) is 5.51. The molecule has 18 heavy (non-hydrogen) atoms. The van der Waals surface area contributed by atoms with Crippen molar-refractivity contribution < 1.29 is 19.1 Å². The second-order valence-electron chi connectivity index (χ2n) is 3.83. The summed E-state index contributed by atoms with van der Waals surface area (Å²) in [5, 5.41) is 13.3. The molecule has 0 aliphatic rings. The van der Waals surface area contributed by atoms with E-state index in [-0.39, 0.29) is 12.1 Å². The van der Waals surface area contributed by atoms with Crippen molar-refractivity contribution in [2.75, 3.05) is 5.32 Å². The van der Waals surface area contributed by atoms with Gasteiger partial charge in [0, 0.05) is 0 Å². The summed E-state index contributed by atoms with van der Waals surface area (Å²) in [6.07, 6.45) is 0.249. The maximum absolute atomic E-state index is 13.6. The number of carboxylic acid groups (broad SMARTS) is 1. The van der Waals surface area contributed by atoms with Crippen molar-refractivity contribution in [1.29, 1.82) is 0 Å². The maximum atomic E-state index is 13.6. The van der Waals surface area contributed by atoms with Gasteiger partial charge in [0.15, 0.2) is 0 Å². The summed E-state index contributed by atoms with van der Waals surface area (Å²) in [6, 6.07) is 2.85. The van der Waals surface area contributed by atoms with E-state index in [1.807, 2.05) is 0 Å². The van der Waals surface area contributed by atoms with E-state index in [9.17, 15) is 14.0 Å². The number of carbonyl (C=O) groups is 2. The summed E-state index contributed by atoms with van der Waals surface area (Å²) in [7, 11) is 0. The lowest BCUT2D eigenvalue weighted by Crippen LogP contribution is -2.42. The summed E-state index contributed by atoms with van der Waals surface area (Å²) >= 11 is 0. The zero-order chi connectivity index (χ0) is 13.7. The Morgan fingerprint density at radius 1 is 1.44 bits per heavy atom. The van der Waals surface area contributed by atoms with Crippen molar-refractivity contribution in [2.24, 2.45) is 0 Å². The average molecular weight is 254 g/mol. The fourth-order valence-electron chi connectivity index (χ4n) is 1.40. The van der Waals surface area contributed by atoms with Gasteiger partial charge in [0.1, 0.15) is 11.9 Å². The fourth-order valence-corrected chi connectivity index (χ4v) is 1.40. The number of rotatable bonds is 4. The Morgan fingerprint density at radius 3 is 2.67 bits per heavy atom. The number of aliphatic carboxylic acids is 1. The van der Waals surface area contributed by atoms with Gasteiger partial charge in [-0.3, -0.25) is 0 Å². The highest BCUT2D eigenvalue weighted by atomic mass is 19.1. The van der Waals surface area contributed by atoms with Crippen LogP contribution < -0.4 is 10.6 Å². The molecule has 0 aliphatic carbocycles. The van der Waals surface area contributed by atoms with Crippen LogP contribution in [0.4, 0.5) is 14.9 Å². The molecular formula is C12H15FN2O3. The highest BCUT2D eigenvalue weighted by Gasteiger charge is 2.18. The molecule has 3 N–H and O–H groups in total. The van der Waals surface area contributed by atoms with E-state index in [4.69, 9.17) is 5.11 Å². The van der Waals surface area contributed by atoms with E-state index in [2.05, 4.69) is 10.6 Å². The normalized spacial score (nSPS) is 11.7. The van der Waals surface area contributed by atoms with Gasteiger partial charge in [0.2, 0.25) is 0 Å². The van der Waals surface area contributed by atoms with Crippen molar-refractivity contribution >= 4 is 17.7 Å². The third-order valence-corrected chi connectivity index (χ3v) is 2.45. The first-order chi connectivity index (χ1) is 8.45. The molecule has 0 saturated heterocycles. The molecule has 0 bridgehead atoms. The van der Waals surface area contributed by atoms with E-state index in [0.29, 0.717) is 5.56 Å². The Kier molecular flexibility index (Phi) is 4.65. The van der Waals surface area contributed by atoms with Crippen LogP contribution in [0.3, 0.4) is 0 Å². The van der Waals surface area contributed by atoms with Gasteiger partial charge >= 0.3 is 12.0 Å². The number of amides is 2. The van der Waals surface area contributed by atoms with Crippen LogP contribution in [0.1, 0.15) is 18.9 Å². The quantitative estimate of drug-likeness (QED) is 0.770. The average Bonchev–Trinajstić information content (AvgIpc) is 2.31. The zero-order valence-corrected chi connectivity index (χ0v) is 10.2. The number of halogens is 1. The van der Waals surface area contributed by atoms with Crippen LogP contribution in [-0.4, -0.2) is 23.1 Å². The van der Waals surface area contributed by atoms with Crippen LogP contribution in [0.2, 0.25) is 0 Å². The smallest absolute Gasteiger partial charge is 0.326 e. The summed E-state index contributed by atoms with van der Waals surface area (Å²) < 4.78 is 13.6. The fraction of sp³-hybridized carbons (Fsp3) is 0.333. The first kappa shape index (κ1) is 14.0. The number of carbonyl (C=O) groups excluding carboxylic acids is 1. The first-order valence-corrected chi connectivity index (χ1v) is 5.51. The number of carboxylic acids is 1. The van der Waals surface area contributed by atoms with Gasteiger partial charge in [-0.15, -0.1) is 0 Å². The third kappa shape index (κ3) is 3.44. The summed E-state index contributed by atoms with van der Waals surface area (Å²) in [5.74, 6) is -1.66. The molecule has 0 heterocycles. The lowest BCUT2D eigenvalue weighted by Gasteiger charge is -2.13. The highest BCUT2D eigenvalue weighted by Crippen LogP contribution is 2.16. The minimum atomic E-state index is -1.13. The number of hydrogen-bond donors (Lipinski definition) is 3. The van der Waals surface area contributed by atoms with E-state index in [1.165, 1.54) is 6.07 Å². The van der Waals surface area contributed by atoms with Crippen molar-refractivity contribution in [2.45, 2.75) is 26.3 Å². The molecule has 1 atom stereocenters. The van der Waals surface area contributed by atoms with E-state index in [1.54, 1.807) is 26.0 Å². The Hall–Kier alpha value is -2.11. The molecule has 0 spiro atoms. The Balaban J connectivity index is 2.70. The summed E-state index contributed by atoms with van der Waals surface area (Å²) in [6.45, 7) is 3.21. The van der Waals surface area contributed by atoms with Crippen LogP contribution in [0, 0.1) is 12.7 Å². The minimum Gasteiger partial charge on any atom is -0.480 e. The van der Waals surface area contributed by atoms with Gasteiger partial charge in [0.05, 0.1) is 5.69 Å². The minimum absolute atomic E-state index is 0.0211. The van der Waals surface area contributed by atoms with Crippen LogP contribution in [-0.2, 0) is 4.79 Å². The van der Waals surface area contributed by atoms with Gasteiger partial charge in [-0.1, -0.05) is 19.1 Å². The second kappa shape index (κ2) is 6.00. The molecule has 0 saturated carbocycles. The standard InChI is InChI=1S/C12H15FN2O3/c1-3-8(11(16)17)14-12(18)15-9-6-4-5-7(2)10(9)13/h4-6,8H,3H2,1-2H3,(H,16,17)(H2,14,15,18). The number of benzene rings is 1. The molecule has 0 aliphatic heterocycles. The van der Waals surface area contributed by atoms with Crippen molar-refractivity contribution in [3.05, 3.63) is 29.6 Å². The Labute approximate surface area is 104 Å². The molecule has 0 aromatic heterocycles. The number of urea groups is 1. The molecule has 1 aromatic carbocycles. The topological polar surface area (TPSA) is 78.4 Å². The van der Waals surface area contributed by atoms with Crippen LogP contribution >= 0.6 is 0 Å². The van der Waals surface area contributed by atoms with Gasteiger partial charge in [-0.2, -0.15) is 0 Å². The molecule has 98 valence electrons. The van der Waals surface area contributed by atoms with Crippen LogP contribution in [0.5, 0.6) is 0 Å². The molecule has 1 unspecified atom stereocenters. The van der Waals surface area contributed by atoms with Crippen LogP contribution in [0.15, 0.2) is 18.2 Å². The summed E-state index contributed by atoms with van der Waals surface area (Å²) in [4.78, 5) is 22.2. The van der Waals surface area contributed by atoms with E-state index >= 15 is 0 Å². The van der Waals surface area contributed by atoms with Crippen molar-refractivity contribution in [3.63, 3.8) is 0 Å². The van der Waals surface area contributed by atoms with Gasteiger partial charge < -0.3 is 15.7 Å². The van der Waals surface area contributed by atoms with Gasteiger partial charge in [-0.05, 0) is 25.0 Å². The molecule has 5 nitrogen and oxygen atoms in total. The Morgan fingerprint density at radius 2 is 2.11 bits per heavy atom. The van der Waals surface area contributed by atoms with Gasteiger partial charge in [0.25, 0.3) is 0 Å². The second-order valence-corrected chi connectivity index (χ2v) is 3.83. The SMILES string of the molecule is CCC(NC(=O)Nc1cccc(C)c1F)C(=O)O. The molecule has 0 fully saturated rings. The van der Waals surface area contributed by atoms with E-state index in [0.717, 1.165) is 0 Å². The number of anilines is 1. The molecule has 0 radical (unpaired) electrons.